The van der Waals surface area contributed by atoms with Crippen molar-refractivity contribution in [3.05, 3.63) is 5.38 Å². The molecule has 2 aromatic rings. The summed E-state index contributed by atoms with van der Waals surface area (Å²) in [5.41, 5.74) is 0.478. The van der Waals surface area contributed by atoms with Crippen molar-refractivity contribution in [1.29, 1.82) is 0 Å². The molecule has 2 aromatic heterocycles. The van der Waals surface area contributed by atoms with Crippen LogP contribution >= 0.6 is 22.2 Å². The average Bonchev–Trinajstić information content (AvgIpc) is 2.84. The van der Waals surface area contributed by atoms with Gasteiger partial charge in [-0.2, -0.15) is 0 Å². The summed E-state index contributed by atoms with van der Waals surface area (Å²) >= 11 is 1.15. The van der Waals surface area contributed by atoms with Crippen molar-refractivity contribution >= 4 is 31.3 Å². The highest BCUT2D eigenvalue weighted by Gasteiger charge is 2.23. The molecule has 0 bridgehead atoms. The van der Waals surface area contributed by atoms with Crippen LogP contribution in [0.2, 0.25) is 0 Å². The van der Waals surface area contributed by atoms with Crippen molar-refractivity contribution < 1.29 is 8.42 Å². The third kappa shape index (κ3) is 1.93. The Hall–Kier alpha value is -1.06. The lowest BCUT2D eigenvalue weighted by atomic mass is 10.4. The normalized spacial score (nSPS) is 11.9. The van der Waals surface area contributed by atoms with Crippen LogP contribution in [0.3, 0.4) is 0 Å². The predicted octanol–water partition coefficient (Wildman–Crippen LogP) is 0.744. The van der Waals surface area contributed by atoms with Gasteiger partial charge in [0.05, 0.1) is 0 Å². The smallest absolute Gasteiger partial charge is 0.296 e. The third-order valence-electron chi connectivity index (χ3n) is 1.84. The van der Waals surface area contributed by atoms with Gasteiger partial charge in [0.25, 0.3) is 14.2 Å². The van der Waals surface area contributed by atoms with E-state index in [0.29, 0.717) is 18.1 Å². The minimum atomic E-state index is -3.90. The lowest BCUT2D eigenvalue weighted by Crippen LogP contribution is -2.06. The first kappa shape index (κ1) is 11.4. The first-order chi connectivity index (χ1) is 7.54. The van der Waals surface area contributed by atoms with Crippen LogP contribution in [0.25, 0.3) is 11.5 Å². The van der Waals surface area contributed by atoms with E-state index in [2.05, 4.69) is 19.8 Å². The molecule has 0 N–H and O–H groups in total. The molecule has 0 aliphatic rings. The zero-order valence-electron chi connectivity index (χ0n) is 8.03. The maximum absolute atomic E-state index is 11.2. The van der Waals surface area contributed by atoms with E-state index in [1.807, 2.05) is 0 Å². The summed E-state index contributed by atoms with van der Waals surface area (Å²) in [5, 5.41) is 12.5. The Balaban J connectivity index is 2.63. The molecular weight excluding hydrogens is 274 g/mol. The molecule has 0 aromatic carbocycles. The Bertz CT molecular complexity index is 590. The van der Waals surface area contributed by atoms with Gasteiger partial charge in [-0.25, -0.2) is 8.42 Å². The summed E-state index contributed by atoms with van der Waals surface area (Å²) in [6.45, 7) is 2.14. The van der Waals surface area contributed by atoms with Crippen molar-refractivity contribution in [2.45, 2.75) is 18.6 Å². The van der Waals surface area contributed by atoms with Gasteiger partial charge in [0, 0.05) is 22.6 Å². The fourth-order valence-corrected chi connectivity index (χ4v) is 2.60. The van der Waals surface area contributed by atoms with E-state index in [1.165, 1.54) is 4.57 Å². The van der Waals surface area contributed by atoms with E-state index >= 15 is 0 Å². The topological polar surface area (TPSA) is 90.6 Å². The molecule has 2 rings (SSSR count). The van der Waals surface area contributed by atoms with Crippen molar-refractivity contribution in [3.63, 3.8) is 0 Å². The molecule has 0 atom stereocenters. The van der Waals surface area contributed by atoms with Gasteiger partial charge in [0.2, 0.25) is 0 Å². The SMILES string of the molecule is CCn1c(-c2csnn2)nnc1S(=O)(=O)Cl. The van der Waals surface area contributed by atoms with Gasteiger partial charge in [-0.1, -0.05) is 4.49 Å². The number of hydrogen-bond donors (Lipinski definition) is 0. The Morgan fingerprint density at radius 2 is 2.19 bits per heavy atom. The zero-order chi connectivity index (χ0) is 11.8. The molecule has 0 unspecified atom stereocenters. The Morgan fingerprint density at radius 1 is 1.44 bits per heavy atom. The fraction of sp³-hybridized carbons (Fsp3) is 0.333. The molecule has 0 saturated carbocycles. The lowest BCUT2D eigenvalue weighted by molar-refractivity contribution is 0.582. The van der Waals surface area contributed by atoms with Gasteiger partial charge in [-0.3, -0.25) is 4.57 Å². The maximum Gasteiger partial charge on any atom is 0.296 e. The lowest BCUT2D eigenvalue weighted by Gasteiger charge is -2.02. The molecule has 0 amide bonds. The van der Waals surface area contributed by atoms with Crippen LogP contribution in [0.4, 0.5) is 0 Å². The quantitative estimate of drug-likeness (QED) is 0.770. The Labute approximate surface area is 99.7 Å². The standard InChI is InChI=1S/C6H6ClN5O2S2/c1-2-12-5(4-3-15-11-8-4)9-10-6(12)16(7,13)14/h3H,2H2,1H3. The number of aromatic nitrogens is 5. The highest BCUT2D eigenvalue weighted by molar-refractivity contribution is 8.13. The molecule has 16 heavy (non-hydrogen) atoms. The number of halogens is 1. The number of hydrogen-bond acceptors (Lipinski definition) is 7. The molecule has 0 spiro atoms. The van der Waals surface area contributed by atoms with Gasteiger partial charge in [-0.05, 0) is 18.5 Å². The summed E-state index contributed by atoms with van der Waals surface area (Å²) < 4.78 is 27.5. The molecule has 0 saturated heterocycles. The van der Waals surface area contributed by atoms with Crippen molar-refractivity contribution in [3.8, 4) is 11.5 Å². The van der Waals surface area contributed by atoms with E-state index in [-0.39, 0.29) is 5.16 Å². The predicted molar refractivity (Wildman–Crippen MR) is 57.6 cm³/mol. The number of rotatable bonds is 3. The minimum Gasteiger partial charge on any atom is -0.296 e. The summed E-state index contributed by atoms with van der Waals surface area (Å²) in [6.07, 6.45) is 0. The van der Waals surface area contributed by atoms with Crippen LogP contribution in [0.5, 0.6) is 0 Å². The molecule has 0 aliphatic carbocycles. The van der Waals surface area contributed by atoms with Crippen molar-refractivity contribution in [2.24, 2.45) is 0 Å². The first-order valence-electron chi connectivity index (χ1n) is 4.19. The summed E-state index contributed by atoms with van der Waals surface area (Å²) in [6, 6.07) is 0. The molecule has 0 radical (unpaired) electrons. The van der Waals surface area contributed by atoms with Crippen LogP contribution in [0, 0.1) is 0 Å². The second-order valence-electron chi connectivity index (χ2n) is 2.78. The van der Waals surface area contributed by atoms with E-state index in [4.69, 9.17) is 10.7 Å². The van der Waals surface area contributed by atoms with E-state index in [9.17, 15) is 8.42 Å². The third-order valence-corrected chi connectivity index (χ3v) is 3.50. The maximum atomic E-state index is 11.2. The van der Waals surface area contributed by atoms with Crippen LogP contribution in [-0.4, -0.2) is 32.8 Å². The largest absolute Gasteiger partial charge is 0.296 e. The average molecular weight is 280 g/mol. The van der Waals surface area contributed by atoms with Gasteiger partial charge in [0.1, 0.15) is 5.69 Å². The number of nitrogens with zero attached hydrogens (tertiary/aromatic N) is 5. The van der Waals surface area contributed by atoms with Gasteiger partial charge in [-0.15, -0.1) is 15.3 Å². The van der Waals surface area contributed by atoms with Crippen molar-refractivity contribution in [1.82, 2.24) is 24.4 Å². The van der Waals surface area contributed by atoms with Gasteiger partial charge in [0.15, 0.2) is 5.82 Å². The zero-order valence-corrected chi connectivity index (χ0v) is 10.4. The molecular formula is C6H6ClN5O2S2. The molecule has 0 fully saturated rings. The monoisotopic (exact) mass is 279 g/mol. The van der Waals surface area contributed by atoms with E-state index in [0.717, 1.165) is 11.5 Å². The van der Waals surface area contributed by atoms with Crippen LogP contribution in [-0.2, 0) is 15.6 Å². The molecule has 2 heterocycles. The Morgan fingerprint density at radius 3 is 2.69 bits per heavy atom. The Kier molecular flexibility index (Phi) is 2.91. The van der Waals surface area contributed by atoms with Gasteiger partial charge >= 0.3 is 0 Å². The highest BCUT2D eigenvalue weighted by Crippen LogP contribution is 2.21. The first-order valence-corrected chi connectivity index (χ1v) is 7.34. The summed E-state index contributed by atoms with van der Waals surface area (Å²) in [5.74, 6) is 0.343. The van der Waals surface area contributed by atoms with Crippen molar-refractivity contribution in [2.75, 3.05) is 0 Å². The van der Waals surface area contributed by atoms with Crippen LogP contribution < -0.4 is 0 Å². The van der Waals surface area contributed by atoms with E-state index in [1.54, 1.807) is 12.3 Å². The molecule has 0 aliphatic heterocycles. The van der Waals surface area contributed by atoms with Crippen LogP contribution in [0.1, 0.15) is 6.92 Å². The minimum absolute atomic E-state index is 0.278. The molecule has 7 nitrogen and oxygen atoms in total. The molecule has 10 heteroatoms. The second kappa shape index (κ2) is 4.07. The summed E-state index contributed by atoms with van der Waals surface area (Å²) in [7, 11) is 1.33. The second-order valence-corrected chi connectivity index (χ2v) is 5.85. The fourth-order valence-electron chi connectivity index (χ4n) is 1.21. The highest BCUT2D eigenvalue weighted by atomic mass is 35.7. The molecule has 86 valence electrons. The van der Waals surface area contributed by atoms with Crippen LogP contribution in [0.15, 0.2) is 10.5 Å². The van der Waals surface area contributed by atoms with E-state index < -0.39 is 9.05 Å². The summed E-state index contributed by atoms with van der Waals surface area (Å²) in [4.78, 5) is 0. The van der Waals surface area contributed by atoms with Gasteiger partial charge < -0.3 is 0 Å².